The Kier molecular flexibility index (Phi) is 4.68. The summed E-state index contributed by atoms with van der Waals surface area (Å²) in [4.78, 5) is 8.41. The van der Waals surface area contributed by atoms with Crippen LogP contribution in [0, 0.1) is 0 Å². The normalized spacial score (nSPS) is 19.8. The highest BCUT2D eigenvalue weighted by Crippen LogP contribution is 2.14. The number of hydrogen-bond donors (Lipinski definition) is 3. The zero-order chi connectivity index (χ0) is 16.0. The second-order valence-corrected chi connectivity index (χ2v) is 5.60. The minimum atomic E-state index is -0.773. The topological polar surface area (TPSA) is 75.3 Å². The van der Waals surface area contributed by atoms with Gasteiger partial charge in [0.1, 0.15) is 5.82 Å². The molecule has 0 spiro atoms. The van der Waals surface area contributed by atoms with Gasteiger partial charge < -0.3 is 10.6 Å². The van der Waals surface area contributed by atoms with Gasteiger partial charge in [-0.1, -0.05) is 30.3 Å². The number of benzene rings is 1. The molecule has 2 aromatic rings. The number of pyridine rings is 1. The molecule has 0 bridgehead atoms. The lowest BCUT2D eigenvalue weighted by Crippen LogP contribution is -2.55. The lowest BCUT2D eigenvalue weighted by atomic mass is 10.1. The van der Waals surface area contributed by atoms with Crippen LogP contribution in [0.1, 0.15) is 17.5 Å². The Bertz CT molecular complexity index is 681. The zero-order valence-electron chi connectivity index (χ0n) is 12.9. The van der Waals surface area contributed by atoms with Crippen molar-refractivity contribution in [2.75, 3.05) is 0 Å². The maximum absolute atomic E-state index is 6.37. The summed E-state index contributed by atoms with van der Waals surface area (Å²) < 4.78 is 0. The molecule has 0 radical (unpaired) electrons. The van der Waals surface area contributed by atoms with E-state index >= 15 is 0 Å². The van der Waals surface area contributed by atoms with E-state index in [1.165, 1.54) is 5.56 Å². The summed E-state index contributed by atoms with van der Waals surface area (Å²) in [6, 6.07) is 14.3. The molecular formula is C18H21N5. The van der Waals surface area contributed by atoms with Crippen LogP contribution in [0.5, 0.6) is 0 Å². The fourth-order valence-corrected chi connectivity index (χ4v) is 2.46. The smallest absolute Gasteiger partial charge is 0.183 e. The quantitative estimate of drug-likeness (QED) is 0.762. The maximum Gasteiger partial charge on any atom is 0.183 e. The van der Waals surface area contributed by atoms with Crippen molar-refractivity contribution in [3.63, 3.8) is 0 Å². The number of aromatic nitrogens is 1. The lowest BCUT2D eigenvalue weighted by Gasteiger charge is -2.31. The summed E-state index contributed by atoms with van der Waals surface area (Å²) in [5, 5.41) is 6.63. The molecule has 1 aromatic carbocycles. The van der Waals surface area contributed by atoms with Gasteiger partial charge in [0.15, 0.2) is 5.79 Å². The van der Waals surface area contributed by atoms with Gasteiger partial charge in [0.2, 0.25) is 0 Å². The van der Waals surface area contributed by atoms with E-state index in [1.54, 1.807) is 18.6 Å². The van der Waals surface area contributed by atoms with E-state index in [1.807, 2.05) is 36.4 Å². The second kappa shape index (κ2) is 7.07. The minimum absolute atomic E-state index is 0.712. The monoisotopic (exact) mass is 307 g/mol. The molecule has 0 fully saturated rings. The summed E-state index contributed by atoms with van der Waals surface area (Å²) >= 11 is 0. The number of aryl methyl sites for hydroxylation is 1. The van der Waals surface area contributed by atoms with Crippen LogP contribution in [0.15, 0.2) is 71.7 Å². The van der Waals surface area contributed by atoms with Crippen LogP contribution in [0.2, 0.25) is 0 Å². The first kappa shape index (κ1) is 15.2. The number of nitrogens with one attached hydrogen (secondary N) is 2. The van der Waals surface area contributed by atoms with Crippen LogP contribution in [0.4, 0.5) is 0 Å². The third-order valence-electron chi connectivity index (χ3n) is 3.77. The summed E-state index contributed by atoms with van der Waals surface area (Å²) in [6.45, 7) is 0.712. The average molecular weight is 307 g/mol. The number of hydrogen-bond acceptors (Lipinski definition) is 5. The summed E-state index contributed by atoms with van der Waals surface area (Å²) in [5.41, 5.74) is 8.79. The van der Waals surface area contributed by atoms with Crippen LogP contribution >= 0.6 is 0 Å². The number of nitrogens with two attached hydrogens (primary N) is 1. The molecule has 118 valence electrons. The van der Waals surface area contributed by atoms with E-state index in [0.717, 1.165) is 24.2 Å². The number of rotatable bonds is 6. The molecule has 1 unspecified atom stereocenters. The largest absolute Gasteiger partial charge is 0.368 e. The predicted octanol–water partition coefficient (Wildman–Crippen LogP) is 1.93. The summed E-state index contributed by atoms with van der Waals surface area (Å²) in [5.74, 6) is 0.109. The number of nitrogens with zero attached hydrogens (tertiary/aromatic N) is 2. The molecule has 1 aliphatic rings. The Morgan fingerprint density at radius 2 is 1.83 bits per heavy atom. The fourth-order valence-electron chi connectivity index (χ4n) is 2.46. The highest BCUT2D eigenvalue weighted by Gasteiger charge is 2.25. The van der Waals surface area contributed by atoms with Crippen molar-refractivity contribution in [2.45, 2.75) is 25.2 Å². The molecule has 4 N–H and O–H groups in total. The zero-order valence-corrected chi connectivity index (χ0v) is 12.9. The standard InChI is InChI=1S/C18H21N5/c19-18(10-6-15-4-2-1-3-5-15)22-13-9-17(23-18)21-14-16-7-11-20-12-8-16/h1-5,7-9,11-13,21,23H,6,10,14,19H2. The molecule has 23 heavy (non-hydrogen) atoms. The maximum atomic E-state index is 6.37. The van der Waals surface area contributed by atoms with Crippen molar-refractivity contribution in [2.24, 2.45) is 10.7 Å². The van der Waals surface area contributed by atoms with E-state index in [0.29, 0.717) is 6.54 Å². The Morgan fingerprint density at radius 1 is 1.04 bits per heavy atom. The van der Waals surface area contributed by atoms with Gasteiger partial charge in [-0.2, -0.15) is 0 Å². The van der Waals surface area contributed by atoms with E-state index < -0.39 is 5.79 Å². The van der Waals surface area contributed by atoms with Gasteiger partial charge in [-0.15, -0.1) is 0 Å². The van der Waals surface area contributed by atoms with Crippen LogP contribution in [0.25, 0.3) is 0 Å². The van der Waals surface area contributed by atoms with Gasteiger partial charge in [-0.05, 0) is 35.8 Å². The molecule has 5 nitrogen and oxygen atoms in total. The van der Waals surface area contributed by atoms with E-state index in [4.69, 9.17) is 5.73 Å². The number of allylic oxidation sites excluding steroid dienone is 1. The molecule has 0 saturated heterocycles. The first-order valence-electron chi connectivity index (χ1n) is 7.73. The first-order chi connectivity index (χ1) is 11.2. The minimum Gasteiger partial charge on any atom is -0.368 e. The fraction of sp³-hybridized carbons (Fsp3) is 0.222. The van der Waals surface area contributed by atoms with Gasteiger partial charge in [0, 0.05) is 31.6 Å². The molecular weight excluding hydrogens is 286 g/mol. The van der Waals surface area contributed by atoms with Crippen molar-refractivity contribution in [1.82, 2.24) is 15.6 Å². The Morgan fingerprint density at radius 3 is 2.61 bits per heavy atom. The van der Waals surface area contributed by atoms with Gasteiger partial charge in [0.05, 0.1) is 0 Å². The van der Waals surface area contributed by atoms with Crippen molar-refractivity contribution >= 4 is 6.21 Å². The molecule has 5 heteroatoms. The number of aliphatic imine (C=N–C) groups is 1. The molecule has 1 aliphatic heterocycles. The lowest BCUT2D eigenvalue weighted by molar-refractivity contribution is 0.343. The van der Waals surface area contributed by atoms with Crippen LogP contribution < -0.4 is 16.4 Å². The van der Waals surface area contributed by atoms with Gasteiger partial charge >= 0.3 is 0 Å². The van der Waals surface area contributed by atoms with Crippen molar-refractivity contribution in [3.05, 3.63) is 77.9 Å². The first-order valence-corrected chi connectivity index (χ1v) is 7.73. The molecule has 3 rings (SSSR count). The Hall–Kier alpha value is -2.66. The van der Waals surface area contributed by atoms with Crippen LogP contribution in [-0.2, 0) is 13.0 Å². The summed E-state index contributed by atoms with van der Waals surface area (Å²) in [7, 11) is 0. The van der Waals surface area contributed by atoms with Gasteiger partial charge in [-0.25, -0.2) is 0 Å². The molecule has 1 aromatic heterocycles. The highest BCUT2D eigenvalue weighted by molar-refractivity contribution is 5.73. The predicted molar refractivity (Wildman–Crippen MR) is 92.5 cm³/mol. The van der Waals surface area contributed by atoms with E-state index in [2.05, 4.69) is 32.7 Å². The third kappa shape index (κ3) is 4.40. The van der Waals surface area contributed by atoms with Crippen LogP contribution in [0.3, 0.4) is 0 Å². The van der Waals surface area contributed by atoms with Gasteiger partial charge in [0.25, 0.3) is 0 Å². The van der Waals surface area contributed by atoms with E-state index in [-0.39, 0.29) is 0 Å². The Balaban J connectivity index is 1.54. The molecule has 0 amide bonds. The van der Waals surface area contributed by atoms with E-state index in [9.17, 15) is 0 Å². The molecule has 0 aliphatic carbocycles. The summed E-state index contributed by atoms with van der Waals surface area (Å²) in [6.07, 6.45) is 8.83. The second-order valence-electron chi connectivity index (χ2n) is 5.60. The van der Waals surface area contributed by atoms with Crippen molar-refractivity contribution < 1.29 is 0 Å². The molecule has 2 heterocycles. The SMILES string of the molecule is NC1(CCc2ccccc2)N=CC=C(NCc2ccncc2)N1. The Labute approximate surface area is 136 Å². The third-order valence-corrected chi connectivity index (χ3v) is 3.77. The van der Waals surface area contributed by atoms with Crippen molar-refractivity contribution in [3.8, 4) is 0 Å². The molecule has 0 saturated carbocycles. The van der Waals surface area contributed by atoms with Crippen LogP contribution in [-0.4, -0.2) is 17.0 Å². The highest BCUT2D eigenvalue weighted by atomic mass is 15.3. The average Bonchev–Trinajstić information content (AvgIpc) is 2.60. The van der Waals surface area contributed by atoms with Crippen molar-refractivity contribution in [1.29, 1.82) is 0 Å². The van der Waals surface area contributed by atoms with Gasteiger partial charge in [-0.3, -0.25) is 15.7 Å². The molecule has 1 atom stereocenters.